The van der Waals surface area contributed by atoms with Crippen molar-refractivity contribution in [2.45, 2.75) is 13.3 Å². The van der Waals surface area contributed by atoms with Crippen molar-refractivity contribution in [1.82, 2.24) is 4.90 Å². The summed E-state index contributed by atoms with van der Waals surface area (Å²) in [7, 11) is 1.93. The molecule has 2 nitrogen and oxygen atoms in total. The highest BCUT2D eigenvalue weighted by Crippen LogP contribution is 2.33. The fraction of sp³-hybridized carbons (Fsp3) is 0.364. The van der Waals surface area contributed by atoms with E-state index in [0.717, 1.165) is 18.7 Å². The van der Waals surface area contributed by atoms with Gasteiger partial charge in [0.25, 0.3) is 0 Å². The van der Waals surface area contributed by atoms with E-state index in [1.807, 2.05) is 11.9 Å². The lowest BCUT2D eigenvalue weighted by Crippen LogP contribution is -2.31. The number of rotatable bonds is 3. The Kier molecular flexibility index (Phi) is 5.80. The Balaban J connectivity index is 2.79. The van der Waals surface area contributed by atoms with Crippen LogP contribution in [-0.2, 0) is 0 Å². The van der Waals surface area contributed by atoms with Crippen molar-refractivity contribution in [3.63, 3.8) is 0 Å². The van der Waals surface area contributed by atoms with Gasteiger partial charge in [-0.25, -0.2) is 0 Å². The summed E-state index contributed by atoms with van der Waals surface area (Å²) in [6.07, 6.45) is 1.03. The highest BCUT2D eigenvalue weighted by molar-refractivity contribution is 7.80. The van der Waals surface area contributed by atoms with Crippen molar-refractivity contribution in [1.29, 1.82) is 0 Å². The zero-order valence-corrected chi connectivity index (χ0v) is 12.6. The van der Waals surface area contributed by atoms with Crippen LogP contribution in [0.2, 0.25) is 15.1 Å². The van der Waals surface area contributed by atoms with Crippen molar-refractivity contribution in [2.75, 3.05) is 18.9 Å². The summed E-state index contributed by atoms with van der Waals surface area (Å²) >= 11 is 23.0. The standard InChI is InChI=1S/C11H13Cl3N2S/c1-3-4-16(2)11(17)15-7-5-8(12)10(14)9(13)6-7/h5-6H,3-4H2,1-2H3,(H,15,17). The number of thiocarbonyl (C=S) groups is 1. The van der Waals surface area contributed by atoms with Gasteiger partial charge in [0.15, 0.2) is 5.11 Å². The molecule has 6 heteroatoms. The van der Waals surface area contributed by atoms with Gasteiger partial charge < -0.3 is 10.2 Å². The van der Waals surface area contributed by atoms with Crippen LogP contribution in [0.1, 0.15) is 13.3 Å². The average molecular weight is 312 g/mol. The lowest BCUT2D eigenvalue weighted by atomic mass is 10.3. The molecule has 94 valence electrons. The molecule has 17 heavy (non-hydrogen) atoms. The number of nitrogens with zero attached hydrogens (tertiary/aromatic N) is 1. The van der Waals surface area contributed by atoms with Crippen LogP contribution in [0, 0.1) is 0 Å². The third-order valence-corrected chi connectivity index (χ3v) is 3.75. The van der Waals surface area contributed by atoms with E-state index in [2.05, 4.69) is 12.2 Å². The van der Waals surface area contributed by atoms with Gasteiger partial charge in [-0.1, -0.05) is 41.7 Å². The van der Waals surface area contributed by atoms with E-state index < -0.39 is 0 Å². The summed E-state index contributed by atoms with van der Waals surface area (Å²) in [6.45, 7) is 2.98. The van der Waals surface area contributed by atoms with Crippen LogP contribution in [0.5, 0.6) is 0 Å². The SMILES string of the molecule is CCCN(C)C(=S)Nc1cc(Cl)c(Cl)c(Cl)c1. The molecule has 0 aliphatic rings. The Morgan fingerprint density at radius 2 is 1.82 bits per heavy atom. The molecule has 0 saturated carbocycles. The zero-order chi connectivity index (χ0) is 13.0. The minimum atomic E-state index is 0.353. The second kappa shape index (κ2) is 6.64. The lowest BCUT2D eigenvalue weighted by molar-refractivity contribution is 0.508. The second-order valence-corrected chi connectivity index (χ2v) is 5.18. The van der Waals surface area contributed by atoms with Gasteiger partial charge in [0.2, 0.25) is 0 Å². The number of anilines is 1. The van der Waals surface area contributed by atoms with E-state index in [4.69, 9.17) is 47.0 Å². The van der Waals surface area contributed by atoms with Crippen LogP contribution in [-0.4, -0.2) is 23.6 Å². The van der Waals surface area contributed by atoms with Gasteiger partial charge in [0, 0.05) is 19.3 Å². The molecular formula is C11H13Cl3N2S. The Morgan fingerprint density at radius 3 is 2.29 bits per heavy atom. The minimum Gasteiger partial charge on any atom is -0.352 e. The van der Waals surface area contributed by atoms with E-state index in [0.29, 0.717) is 20.2 Å². The van der Waals surface area contributed by atoms with Crippen LogP contribution in [0.25, 0.3) is 0 Å². The van der Waals surface area contributed by atoms with Gasteiger partial charge in [0.05, 0.1) is 15.1 Å². The number of benzene rings is 1. The van der Waals surface area contributed by atoms with E-state index in [1.165, 1.54) is 0 Å². The van der Waals surface area contributed by atoms with Gasteiger partial charge in [-0.2, -0.15) is 0 Å². The largest absolute Gasteiger partial charge is 0.352 e. The molecule has 0 radical (unpaired) electrons. The Hall–Kier alpha value is -0.220. The molecule has 0 aliphatic heterocycles. The van der Waals surface area contributed by atoms with Crippen molar-refractivity contribution in [3.05, 3.63) is 27.2 Å². The summed E-state index contributed by atoms with van der Waals surface area (Å²) < 4.78 is 0. The van der Waals surface area contributed by atoms with Crippen LogP contribution >= 0.6 is 47.0 Å². The zero-order valence-electron chi connectivity index (χ0n) is 9.56. The summed E-state index contributed by atoms with van der Waals surface area (Å²) in [4.78, 5) is 1.95. The first kappa shape index (κ1) is 14.8. The molecular weight excluding hydrogens is 299 g/mol. The van der Waals surface area contributed by atoms with E-state index in [-0.39, 0.29) is 0 Å². The van der Waals surface area contributed by atoms with E-state index in [9.17, 15) is 0 Å². The molecule has 1 aromatic rings. The Morgan fingerprint density at radius 1 is 1.29 bits per heavy atom. The van der Waals surface area contributed by atoms with E-state index >= 15 is 0 Å². The quantitative estimate of drug-likeness (QED) is 0.644. The van der Waals surface area contributed by atoms with Crippen molar-refractivity contribution >= 4 is 57.8 Å². The molecule has 0 spiro atoms. The molecule has 0 aliphatic carbocycles. The first-order valence-electron chi connectivity index (χ1n) is 5.12. The van der Waals surface area contributed by atoms with Gasteiger partial charge in [-0.3, -0.25) is 0 Å². The fourth-order valence-electron chi connectivity index (χ4n) is 1.28. The molecule has 0 atom stereocenters. The van der Waals surface area contributed by atoms with Crippen LogP contribution in [0.4, 0.5) is 5.69 Å². The molecule has 1 N–H and O–H groups in total. The average Bonchev–Trinajstić information content (AvgIpc) is 2.26. The maximum atomic E-state index is 5.93. The smallest absolute Gasteiger partial charge is 0.173 e. The first-order valence-corrected chi connectivity index (χ1v) is 6.66. The Bertz CT molecular complexity index is 400. The van der Waals surface area contributed by atoms with Crippen LogP contribution < -0.4 is 5.32 Å². The van der Waals surface area contributed by atoms with Crippen molar-refractivity contribution in [3.8, 4) is 0 Å². The fourth-order valence-corrected chi connectivity index (χ4v) is 2.09. The predicted molar refractivity (Wildman–Crippen MR) is 80.6 cm³/mol. The highest BCUT2D eigenvalue weighted by atomic mass is 35.5. The molecule has 0 amide bonds. The predicted octanol–water partition coefficient (Wildman–Crippen LogP) is 4.69. The first-order chi connectivity index (χ1) is 7.95. The molecule has 0 bridgehead atoms. The topological polar surface area (TPSA) is 15.3 Å². The minimum absolute atomic E-state index is 0.353. The second-order valence-electron chi connectivity index (χ2n) is 3.61. The molecule has 0 heterocycles. The monoisotopic (exact) mass is 310 g/mol. The number of hydrogen-bond donors (Lipinski definition) is 1. The van der Waals surface area contributed by atoms with Crippen LogP contribution in [0.3, 0.4) is 0 Å². The van der Waals surface area contributed by atoms with Crippen molar-refractivity contribution < 1.29 is 0 Å². The molecule has 1 rings (SSSR count). The third kappa shape index (κ3) is 4.18. The summed E-state index contributed by atoms with van der Waals surface area (Å²) in [6, 6.07) is 3.39. The molecule has 0 saturated heterocycles. The molecule has 0 aromatic heterocycles. The van der Waals surface area contributed by atoms with Crippen molar-refractivity contribution in [2.24, 2.45) is 0 Å². The number of halogens is 3. The van der Waals surface area contributed by atoms with Gasteiger partial charge in [0.1, 0.15) is 0 Å². The summed E-state index contributed by atoms with van der Waals surface area (Å²) in [5.74, 6) is 0. The highest BCUT2D eigenvalue weighted by Gasteiger charge is 2.08. The molecule has 0 fully saturated rings. The molecule has 0 unspecified atom stereocenters. The lowest BCUT2D eigenvalue weighted by Gasteiger charge is -2.20. The normalized spacial score (nSPS) is 10.2. The number of nitrogens with one attached hydrogen (secondary N) is 1. The summed E-state index contributed by atoms with van der Waals surface area (Å²) in [5.41, 5.74) is 0.734. The maximum absolute atomic E-state index is 5.93. The van der Waals surface area contributed by atoms with Gasteiger partial charge >= 0.3 is 0 Å². The maximum Gasteiger partial charge on any atom is 0.173 e. The third-order valence-electron chi connectivity index (χ3n) is 2.14. The molecule has 1 aromatic carbocycles. The Labute approximate surface area is 122 Å². The van der Waals surface area contributed by atoms with E-state index in [1.54, 1.807) is 12.1 Å². The summed E-state index contributed by atoms with van der Waals surface area (Å²) in [5, 5.41) is 4.86. The van der Waals surface area contributed by atoms with Gasteiger partial charge in [-0.15, -0.1) is 0 Å². The van der Waals surface area contributed by atoms with Crippen LogP contribution in [0.15, 0.2) is 12.1 Å². The van der Waals surface area contributed by atoms with Gasteiger partial charge in [-0.05, 0) is 30.8 Å². The number of hydrogen-bond acceptors (Lipinski definition) is 1.